The second-order valence-corrected chi connectivity index (χ2v) is 17.2. The molecule has 2 saturated heterocycles. The quantitative estimate of drug-likeness (QED) is 0.146. The third-order valence-electron chi connectivity index (χ3n) is 11.9. The number of hydrogen-bond donors (Lipinski definition) is 1. The number of halogens is 1. The fraction of sp³-hybridized carbons (Fsp3) is 0.360. The minimum atomic E-state index is 0.183. The van der Waals surface area contributed by atoms with E-state index in [4.69, 9.17) is 40.4 Å². The molecule has 0 saturated carbocycles. The largest absolute Gasteiger partial charge is 0.508 e. The van der Waals surface area contributed by atoms with E-state index in [9.17, 15) is 0 Å². The lowest BCUT2D eigenvalue weighted by Crippen LogP contribution is -2.35. The standard InChI is InChI=1S/C25H27N3O3.C15H18ClN3O2.C10H10O/c1-16-10-17-4-5-20(12-18(17)11-16)31-25-21-13-23(29-3)24(14-22(21)26-15-27-25)30-19-6-8-28(2)9-7-19;1-19-5-3-10(4-6-19)21-14-8-12-11(7-13(14)20-2)15(16)18-9-17-12;1-7-4-8-2-3-10(11)6-9(8)5-7/h4-5,11-15,19H,6-10H2,1-3H3;7-10H,3-6H2,1-2H3;2-3,5-6,11H,4H2,1H3. The number of aromatic hydroxyl groups is 1. The molecule has 0 spiro atoms. The van der Waals surface area contributed by atoms with Gasteiger partial charge >= 0.3 is 0 Å². The molecule has 6 aromatic rings. The Morgan fingerprint density at radius 3 is 1.68 bits per heavy atom. The van der Waals surface area contributed by atoms with Crippen LogP contribution in [0.2, 0.25) is 5.15 Å². The van der Waals surface area contributed by atoms with Crippen LogP contribution < -0.4 is 23.7 Å². The van der Waals surface area contributed by atoms with Crippen LogP contribution in [-0.4, -0.2) is 102 Å². The van der Waals surface area contributed by atoms with Crippen molar-refractivity contribution in [1.82, 2.24) is 29.7 Å². The number of fused-ring (bicyclic) bond motifs is 4. The lowest BCUT2D eigenvalue weighted by molar-refractivity contribution is 0.111. The Morgan fingerprint density at radius 2 is 1.11 bits per heavy atom. The third kappa shape index (κ3) is 10.6. The van der Waals surface area contributed by atoms with Crippen LogP contribution in [0.25, 0.3) is 34.0 Å². The van der Waals surface area contributed by atoms with Gasteiger partial charge in [-0.2, -0.15) is 0 Å². The van der Waals surface area contributed by atoms with E-state index < -0.39 is 0 Å². The molecule has 1 N–H and O–H groups in total. The topological polar surface area (TPSA) is 124 Å². The number of benzene rings is 4. The fourth-order valence-corrected chi connectivity index (χ4v) is 8.57. The van der Waals surface area contributed by atoms with Gasteiger partial charge in [-0.3, -0.25) is 0 Å². The summed E-state index contributed by atoms with van der Waals surface area (Å²) in [5, 5.41) is 11.1. The molecule has 2 aromatic heterocycles. The van der Waals surface area contributed by atoms with Crippen LogP contribution in [0, 0.1) is 0 Å². The monoisotopic (exact) mass is 870 g/mol. The molecule has 0 radical (unpaired) electrons. The third-order valence-corrected chi connectivity index (χ3v) is 12.2. The maximum Gasteiger partial charge on any atom is 0.230 e. The first-order chi connectivity index (χ1) is 30.5. The molecule has 10 rings (SSSR count). The van der Waals surface area contributed by atoms with Gasteiger partial charge in [-0.05, 0) is 125 Å². The zero-order chi connectivity index (χ0) is 44.0. The first kappa shape index (κ1) is 43.7. The predicted octanol–water partition coefficient (Wildman–Crippen LogP) is 9.98. The van der Waals surface area contributed by atoms with Gasteiger partial charge in [0.25, 0.3) is 0 Å². The van der Waals surface area contributed by atoms with Gasteiger partial charge < -0.3 is 38.6 Å². The van der Waals surface area contributed by atoms with Crippen molar-refractivity contribution in [2.45, 2.75) is 64.6 Å². The van der Waals surface area contributed by atoms with Crippen molar-refractivity contribution in [1.29, 1.82) is 0 Å². The Kier molecular flexibility index (Phi) is 13.6. The minimum absolute atomic E-state index is 0.183. The molecule has 0 atom stereocenters. The highest BCUT2D eigenvalue weighted by Crippen LogP contribution is 2.39. The molecule has 4 aliphatic rings. The number of methoxy groups -OCH3 is 2. The number of aromatic nitrogens is 4. The number of allylic oxidation sites excluding steroid dienone is 2. The highest BCUT2D eigenvalue weighted by Gasteiger charge is 2.23. The van der Waals surface area contributed by atoms with Gasteiger partial charge in [0.1, 0.15) is 41.5 Å². The van der Waals surface area contributed by atoms with Crippen LogP contribution in [0.1, 0.15) is 61.8 Å². The Balaban J connectivity index is 0.000000146. The number of phenolic OH excluding ortho intramolecular Hbond substituents is 1. The summed E-state index contributed by atoms with van der Waals surface area (Å²) in [4.78, 5) is 21.7. The molecule has 63 heavy (non-hydrogen) atoms. The summed E-state index contributed by atoms with van der Waals surface area (Å²) in [6, 6.07) is 19.3. The van der Waals surface area contributed by atoms with E-state index in [2.05, 4.69) is 82.0 Å². The van der Waals surface area contributed by atoms with Crippen molar-refractivity contribution in [3.8, 4) is 40.4 Å². The van der Waals surface area contributed by atoms with Crippen LogP contribution >= 0.6 is 11.6 Å². The van der Waals surface area contributed by atoms with E-state index >= 15 is 0 Å². The average molecular weight is 871 g/mol. The number of likely N-dealkylation sites (tertiary alicyclic amines) is 2. The molecule has 0 unspecified atom stereocenters. The molecule has 12 nitrogen and oxygen atoms in total. The van der Waals surface area contributed by atoms with Crippen LogP contribution in [0.4, 0.5) is 0 Å². The van der Waals surface area contributed by atoms with Crippen molar-refractivity contribution in [3.05, 3.63) is 112 Å². The van der Waals surface area contributed by atoms with E-state index in [-0.39, 0.29) is 12.2 Å². The molecule has 328 valence electrons. The molecule has 0 amide bonds. The predicted molar refractivity (Wildman–Crippen MR) is 249 cm³/mol. The van der Waals surface area contributed by atoms with E-state index in [1.54, 1.807) is 20.3 Å². The summed E-state index contributed by atoms with van der Waals surface area (Å²) in [5.41, 5.74) is 9.29. The molecule has 2 aliphatic heterocycles. The normalized spacial score (nSPS) is 16.5. The second kappa shape index (κ2) is 19.6. The average Bonchev–Trinajstić information content (AvgIpc) is 3.85. The van der Waals surface area contributed by atoms with E-state index in [0.717, 1.165) is 92.3 Å². The zero-order valence-corrected chi connectivity index (χ0v) is 37.6. The number of ether oxygens (including phenoxy) is 5. The molecule has 4 heterocycles. The molecule has 2 aliphatic carbocycles. The fourth-order valence-electron chi connectivity index (χ4n) is 8.38. The first-order valence-corrected chi connectivity index (χ1v) is 21.9. The lowest BCUT2D eigenvalue weighted by atomic mass is 10.1. The molecular weight excluding hydrogens is 816 g/mol. The minimum Gasteiger partial charge on any atom is -0.508 e. The van der Waals surface area contributed by atoms with Crippen LogP contribution in [0.5, 0.6) is 40.4 Å². The Bertz CT molecular complexity index is 2660. The van der Waals surface area contributed by atoms with Crippen molar-refractivity contribution < 1.29 is 28.8 Å². The molecular formula is C50H55ClN6O6. The molecule has 13 heteroatoms. The molecule has 0 bridgehead atoms. The number of hydrogen-bond acceptors (Lipinski definition) is 12. The van der Waals surface area contributed by atoms with Crippen molar-refractivity contribution in [2.24, 2.45) is 0 Å². The SMILES string of the molecule is CC1=Cc2cc(O)ccc2C1.COc1cc2c(Cl)ncnc2cc1OC1CCN(C)CC1.COc1cc2c(Oc3ccc4c(c3)C=C(C)C4)ncnc2cc1OC1CCN(C)CC1. The van der Waals surface area contributed by atoms with Gasteiger partial charge in [-0.15, -0.1) is 0 Å². The first-order valence-electron chi connectivity index (χ1n) is 21.5. The summed E-state index contributed by atoms with van der Waals surface area (Å²) in [5.74, 6) is 4.39. The summed E-state index contributed by atoms with van der Waals surface area (Å²) in [6.45, 7) is 8.43. The Labute approximate surface area is 374 Å². The maximum atomic E-state index is 9.15. The zero-order valence-electron chi connectivity index (χ0n) is 36.9. The highest BCUT2D eigenvalue weighted by molar-refractivity contribution is 6.34. The summed E-state index contributed by atoms with van der Waals surface area (Å²) < 4.78 is 29.6. The second-order valence-electron chi connectivity index (χ2n) is 16.8. The summed E-state index contributed by atoms with van der Waals surface area (Å²) in [7, 11) is 7.55. The number of piperidine rings is 2. The van der Waals surface area contributed by atoms with Gasteiger partial charge in [0.2, 0.25) is 5.88 Å². The Morgan fingerprint density at radius 1 is 0.603 bits per heavy atom. The van der Waals surface area contributed by atoms with E-state index in [0.29, 0.717) is 39.8 Å². The van der Waals surface area contributed by atoms with E-state index in [1.165, 1.54) is 46.1 Å². The van der Waals surface area contributed by atoms with Gasteiger partial charge in [0.15, 0.2) is 23.0 Å². The van der Waals surface area contributed by atoms with Gasteiger partial charge in [-0.1, -0.05) is 47.0 Å². The summed E-state index contributed by atoms with van der Waals surface area (Å²) >= 11 is 6.09. The maximum absolute atomic E-state index is 9.15. The van der Waals surface area contributed by atoms with Crippen molar-refractivity contribution >= 4 is 45.6 Å². The van der Waals surface area contributed by atoms with Gasteiger partial charge in [0.05, 0.1) is 30.6 Å². The van der Waals surface area contributed by atoms with E-state index in [1.807, 2.05) is 42.5 Å². The molecule has 4 aromatic carbocycles. The smallest absolute Gasteiger partial charge is 0.230 e. The van der Waals surface area contributed by atoms with Crippen molar-refractivity contribution in [2.75, 3.05) is 54.5 Å². The van der Waals surface area contributed by atoms with Crippen LogP contribution in [0.15, 0.2) is 84.5 Å². The van der Waals surface area contributed by atoms with Crippen LogP contribution in [0.3, 0.4) is 0 Å². The number of rotatable bonds is 8. The summed E-state index contributed by atoms with van der Waals surface area (Å²) in [6.07, 6.45) is 13.8. The van der Waals surface area contributed by atoms with Gasteiger partial charge in [-0.25, -0.2) is 19.9 Å². The van der Waals surface area contributed by atoms with Gasteiger partial charge in [0, 0.05) is 43.7 Å². The lowest BCUT2D eigenvalue weighted by Gasteiger charge is -2.29. The van der Waals surface area contributed by atoms with Crippen molar-refractivity contribution in [3.63, 3.8) is 0 Å². The number of phenols is 1. The highest BCUT2D eigenvalue weighted by atomic mass is 35.5. The molecule has 2 fully saturated rings. The number of nitrogens with zero attached hydrogens (tertiary/aromatic N) is 6. The van der Waals surface area contributed by atoms with Crippen LogP contribution in [-0.2, 0) is 12.8 Å². The Hall–Kier alpha value is -5.95.